The normalized spacial score (nSPS) is 12.6. The number of rotatable bonds is 9. The summed E-state index contributed by atoms with van der Waals surface area (Å²) in [7, 11) is 2.94. The highest BCUT2D eigenvalue weighted by atomic mass is 16.5. The SMILES string of the molecule is CCCC(C)(NC(=O)CNC(=O)c1ccc(OC)c(OC)c1)C(=O)O. The molecule has 1 atom stereocenters. The average molecular weight is 352 g/mol. The number of hydrogen-bond donors (Lipinski definition) is 3. The van der Waals surface area contributed by atoms with Crippen molar-refractivity contribution in [3.05, 3.63) is 23.8 Å². The number of carbonyl (C=O) groups excluding carboxylic acids is 2. The standard InChI is InChI=1S/C17H24N2O6/c1-5-8-17(2,16(22)23)19-14(20)10-18-15(21)11-6-7-12(24-3)13(9-11)25-4/h6-7,9H,5,8,10H2,1-4H3,(H,18,21)(H,19,20)(H,22,23). The van der Waals surface area contributed by atoms with Crippen LogP contribution in [0.1, 0.15) is 37.0 Å². The zero-order valence-corrected chi connectivity index (χ0v) is 14.8. The molecule has 0 aliphatic rings. The molecule has 0 saturated heterocycles. The Labute approximate surface area is 146 Å². The van der Waals surface area contributed by atoms with Gasteiger partial charge in [0.2, 0.25) is 5.91 Å². The highest BCUT2D eigenvalue weighted by molar-refractivity contribution is 5.97. The second-order valence-electron chi connectivity index (χ2n) is 5.69. The molecule has 25 heavy (non-hydrogen) atoms. The van der Waals surface area contributed by atoms with Gasteiger partial charge in [0, 0.05) is 5.56 Å². The van der Waals surface area contributed by atoms with E-state index in [9.17, 15) is 19.5 Å². The van der Waals surface area contributed by atoms with Crippen LogP contribution < -0.4 is 20.1 Å². The summed E-state index contributed by atoms with van der Waals surface area (Å²) in [4.78, 5) is 35.4. The van der Waals surface area contributed by atoms with Gasteiger partial charge in [-0.25, -0.2) is 4.79 Å². The molecule has 138 valence electrons. The summed E-state index contributed by atoms with van der Waals surface area (Å²) in [5.41, 5.74) is -1.07. The Morgan fingerprint density at radius 1 is 1.16 bits per heavy atom. The third-order valence-electron chi connectivity index (χ3n) is 3.69. The van der Waals surface area contributed by atoms with Crippen LogP contribution in [0.2, 0.25) is 0 Å². The van der Waals surface area contributed by atoms with Crippen molar-refractivity contribution in [2.45, 2.75) is 32.2 Å². The van der Waals surface area contributed by atoms with Gasteiger partial charge in [0.1, 0.15) is 5.54 Å². The summed E-state index contributed by atoms with van der Waals surface area (Å²) in [5, 5.41) is 14.1. The van der Waals surface area contributed by atoms with Crippen LogP contribution in [0.15, 0.2) is 18.2 Å². The third kappa shape index (κ3) is 5.37. The van der Waals surface area contributed by atoms with Crippen molar-refractivity contribution in [1.29, 1.82) is 0 Å². The summed E-state index contributed by atoms with van der Waals surface area (Å²) in [6.07, 6.45) is 0.888. The molecule has 1 aromatic carbocycles. The molecule has 0 spiro atoms. The Morgan fingerprint density at radius 3 is 2.32 bits per heavy atom. The van der Waals surface area contributed by atoms with Crippen LogP contribution in [0.25, 0.3) is 0 Å². The molecule has 0 saturated carbocycles. The van der Waals surface area contributed by atoms with Crippen LogP contribution in [-0.2, 0) is 9.59 Å². The number of methoxy groups -OCH3 is 2. The molecule has 0 radical (unpaired) electrons. The lowest BCUT2D eigenvalue weighted by molar-refractivity contribution is -0.147. The van der Waals surface area contributed by atoms with Crippen molar-refractivity contribution in [2.24, 2.45) is 0 Å². The monoisotopic (exact) mass is 352 g/mol. The predicted octanol–water partition coefficient (Wildman–Crippen LogP) is 1.19. The van der Waals surface area contributed by atoms with Crippen LogP contribution in [-0.4, -0.2) is 49.2 Å². The van der Waals surface area contributed by atoms with Gasteiger partial charge in [-0.15, -0.1) is 0 Å². The lowest BCUT2D eigenvalue weighted by Crippen LogP contribution is -2.54. The van der Waals surface area contributed by atoms with Crippen molar-refractivity contribution in [2.75, 3.05) is 20.8 Å². The number of nitrogens with one attached hydrogen (secondary N) is 2. The summed E-state index contributed by atoms with van der Waals surface area (Å²) in [6.45, 7) is 2.93. The van der Waals surface area contributed by atoms with E-state index >= 15 is 0 Å². The Balaban J connectivity index is 2.70. The summed E-state index contributed by atoms with van der Waals surface area (Å²) in [5.74, 6) is -1.31. The predicted molar refractivity (Wildman–Crippen MR) is 91.0 cm³/mol. The van der Waals surface area contributed by atoms with E-state index < -0.39 is 23.3 Å². The van der Waals surface area contributed by atoms with Gasteiger partial charge in [-0.1, -0.05) is 13.3 Å². The zero-order chi connectivity index (χ0) is 19.0. The van der Waals surface area contributed by atoms with Crippen molar-refractivity contribution in [3.63, 3.8) is 0 Å². The highest BCUT2D eigenvalue weighted by Crippen LogP contribution is 2.27. The second-order valence-corrected chi connectivity index (χ2v) is 5.69. The molecule has 2 amide bonds. The molecule has 1 unspecified atom stereocenters. The first-order valence-electron chi connectivity index (χ1n) is 7.82. The number of carboxylic acids is 1. The Hall–Kier alpha value is -2.77. The smallest absolute Gasteiger partial charge is 0.329 e. The Morgan fingerprint density at radius 2 is 1.80 bits per heavy atom. The molecule has 0 bridgehead atoms. The van der Waals surface area contributed by atoms with E-state index in [2.05, 4.69) is 10.6 Å². The fourth-order valence-electron chi connectivity index (χ4n) is 2.31. The molecule has 0 heterocycles. The van der Waals surface area contributed by atoms with Gasteiger partial charge in [0.05, 0.1) is 20.8 Å². The van der Waals surface area contributed by atoms with Crippen molar-refractivity contribution in [1.82, 2.24) is 10.6 Å². The highest BCUT2D eigenvalue weighted by Gasteiger charge is 2.33. The maximum atomic E-state index is 12.1. The Kier molecular flexibility index (Phi) is 7.22. The largest absolute Gasteiger partial charge is 0.493 e. The maximum absolute atomic E-state index is 12.1. The maximum Gasteiger partial charge on any atom is 0.329 e. The van der Waals surface area contributed by atoms with E-state index in [1.54, 1.807) is 6.07 Å². The van der Waals surface area contributed by atoms with Crippen LogP contribution in [0, 0.1) is 0 Å². The second kappa shape index (κ2) is 8.91. The fourth-order valence-corrected chi connectivity index (χ4v) is 2.31. The van der Waals surface area contributed by atoms with Gasteiger partial charge in [0.15, 0.2) is 11.5 Å². The molecule has 0 aliphatic carbocycles. The first-order chi connectivity index (χ1) is 11.8. The molecule has 8 heteroatoms. The van der Waals surface area contributed by atoms with E-state index in [0.29, 0.717) is 23.5 Å². The zero-order valence-electron chi connectivity index (χ0n) is 14.8. The number of hydrogen-bond acceptors (Lipinski definition) is 5. The summed E-state index contributed by atoms with van der Waals surface area (Å²) in [6, 6.07) is 4.61. The molecule has 0 fully saturated rings. The van der Waals surface area contributed by atoms with Gasteiger partial charge >= 0.3 is 5.97 Å². The van der Waals surface area contributed by atoms with E-state index in [-0.39, 0.29) is 13.0 Å². The first-order valence-corrected chi connectivity index (χ1v) is 7.82. The van der Waals surface area contributed by atoms with Crippen molar-refractivity contribution in [3.8, 4) is 11.5 Å². The van der Waals surface area contributed by atoms with Gasteiger partial charge < -0.3 is 25.2 Å². The van der Waals surface area contributed by atoms with Crippen LogP contribution in [0.5, 0.6) is 11.5 Å². The van der Waals surface area contributed by atoms with E-state index in [1.807, 2.05) is 6.92 Å². The van der Waals surface area contributed by atoms with E-state index in [4.69, 9.17) is 9.47 Å². The van der Waals surface area contributed by atoms with Gasteiger partial charge in [-0.2, -0.15) is 0 Å². The molecule has 1 rings (SSSR count). The lowest BCUT2D eigenvalue weighted by atomic mass is 9.96. The number of ether oxygens (including phenoxy) is 2. The molecule has 3 N–H and O–H groups in total. The van der Waals surface area contributed by atoms with Gasteiger partial charge in [-0.3, -0.25) is 9.59 Å². The number of carbonyl (C=O) groups is 3. The topological polar surface area (TPSA) is 114 Å². The number of amides is 2. The first kappa shape index (κ1) is 20.3. The van der Waals surface area contributed by atoms with Crippen LogP contribution in [0.4, 0.5) is 0 Å². The van der Waals surface area contributed by atoms with Crippen molar-refractivity contribution < 1.29 is 29.0 Å². The number of carboxylic acid groups (broad SMARTS) is 1. The minimum atomic E-state index is -1.36. The third-order valence-corrected chi connectivity index (χ3v) is 3.69. The fraction of sp³-hybridized carbons (Fsp3) is 0.471. The quantitative estimate of drug-likeness (QED) is 0.615. The summed E-state index contributed by atoms with van der Waals surface area (Å²) < 4.78 is 10.2. The van der Waals surface area contributed by atoms with Crippen molar-refractivity contribution >= 4 is 17.8 Å². The number of aliphatic carboxylic acids is 1. The molecular formula is C17H24N2O6. The van der Waals surface area contributed by atoms with E-state index in [1.165, 1.54) is 33.3 Å². The van der Waals surface area contributed by atoms with Gasteiger partial charge in [0.25, 0.3) is 5.91 Å². The van der Waals surface area contributed by atoms with E-state index in [0.717, 1.165) is 0 Å². The van der Waals surface area contributed by atoms with Crippen LogP contribution in [0.3, 0.4) is 0 Å². The lowest BCUT2D eigenvalue weighted by Gasteiger charge is -2.25. The molecular weight excluding hydrogens is 328 g/mol. The summed E-state index contributed by atoms with van der Waals surface area (Å²) >= 11 is 0. The van der Waals surface area contributed by atoms with Gasteiger partial charge in [-0.05, 0) is 31.5 Å². The number of benzene rings is 1. The molecule has 0 aliphatic heterocycles. The minimum absolute atomic E-state index is 0.289. The molecule has 1 aromatic rings. The molecule has 0 aromatic heterocycles. The molecule has 8 nitrogen and oxygen atoms in total. The average Bonchev–Trinajstić information content (AvgIpc) is 2.58. The Bertz CT molecular complexity index is 646. The minimum Gasteiger partial charge on any atom is -0.493 e. The van der Waals surface area contributed by atoms with Crippen LogP contribution >= 0.6 is 0 Å².